The summed E-state index contributed by atoms with van der Waals surface area (Å²) >= 11 is 0. The molecule has 17 heavy (non-hydrogen) atoms. The SMILES string of the molecule is CNCCCC(=O)NCCCC(=O)N1CC1=O. The number of amides is 3. The number of nitrogens with zero attached hydrogens (tertiary/aromatic N) is 1. The quantitative estimate of drug-likeness (QED) is 0.433. The summed E-state index contributed by atoms with van der Waals surface area (Å²) in [5.41, 5.74) is 0. The summed E-state index contributed by atoms with van der Waals surface area (Å²) in [4.78, 5) is 34.4. The minimum atomic E-state index is -0.139. The largest absolute Gasteiger partial charge is 0.356 e. The number of hydrogen-bond donors (Lipinski definition) is 2. The summed E-state index contributed by atoms with van der Waals surface area (Å²) in [5.74, 6) is -0.235. The van der Waals surface area contributed by atoms with Crippen LogP contribution in [0, 0.1) is 0 Å². The molecule has 0 spiro atoms. The fourth-order valence-electron chi connectivity index (χ4n) is 1.44. The summed E-state index contributed by atoms with van der Waals surface area (Å²) in [7, 11) is 1.85. The monoisotopic (exact) mass is 241 g/mol. The molecule has 1 saturated heterocycles. The third-order valence-corrected chi connectivity index (χ3v) is 2.51. The molecule has 96 valence electrons. The number of rotatable bonds is 8. The van der Waals surface area contributed by atoms with Crippen LogP contribution in [0.4, 0.5) is 0 Å². The molecule has 0 radical (unpaired) electrons. The molecule has 0 bridgehead atoms. The van der Waals surface area contributed by atoms with Crippen LogP contribution in [0.2, 0.25) is 0 Å². The lowest BCUT2D eigenvalue weighted by atomic mass is 10.2. The molecule has 0 aromatic carbocycles. The Bertz CT molecular complexity index is 304. The van der Waals surface area contributed by atoms with Crippen LogP contribution < -0.4 is 10.6 Å². The van der Waals surface area contributed by atoms with Gasteiger partial charge in [-0.05, 0) is 26.4 Å². The molecule has 3 amide bonds. The first-order valence-corrected chi connectivity index (χ1v) is 5.89. The van der Waals surface area contributed by atoms with E-state index in [1.165, 1.54) is 4.90 Å². The zero-order chi connectivity index (χ0) is 12.7. The van der Waals surface area contributed by atoms with Crippen molar-refractivity contribution >= 4 is 17.7 Å². The Morgan fingerprint density at radius 3 is 2.47 bits per heavy atom. The van der Waals surface area contributed by atoms with E-state index in [9.17, 15) is 14.4 Å². The maximum atomic E-state index is 11.3. The number of carbonyl (C=O) groups is 3. The Morgan fingerprint density at radius 2 is 1.88 bits per heavy atom. The Labute approximate surface area is 101 Å². The standard InChI is InChI=1S/C11H19N3O3/c1-12-6-2-4-9(15)13-7-3-5-10(16)14-8-11(14)17/h12H,2-8H2,1H3,(H,13,15). The Balaban J connectivity index is 1.94. The van der Waals surface area contributed by atoms with Gasteiger partial charge in [0, 0.05) is 19.4 Å². The second-order valence-electron chi connectivity index (χ2n) is 4.03. The molecule has 1 rings (SSSR count). The first-order valence-electron chi connectivity index (χ1n) is 5.89. The molecule has 2 N–H and O–H groups in total. The van der Waals surface area contributed by atoms with E-state index in [1.807, 2.05) is 7.05 Å². The number of nitrogens with one attached hydrogen (secondary N) is 2. The van der Waals surface area contributed by atoms with Crippen molar-refractivity contribution in [2.75, 3.05) is 26.7 Å². The van der Waals surface area contributed by atoms with Gasteiger partial charge in [0.05, 0.1) is 0 Å². The molecule has 0 unspecified atom stereocenters. The highest BCUT2D eigenvalue weighted by molar-refractivity contribution is 6.08. The summed E-state index contributed by atoms with van der Waals surface area (Å²) in [6.07, 6.45) is 2.21. The van der Waals surface area contributed by atoms with Crippen LogP contribution in [0.15, 0.2) is 0 Å². The van der Waals surface area contributed by atoms with Crippen molar-refractivity contribution in [2.45, 2.75) is 25.7 Å². The predicted molar refractivity (Wildman–Crippen MR) is 62.1 cm³/mol. The van der Waals surface area contributed by atoms with Gasteiger partial charge in [-0.3, -0.25) is 19.3 Å². The average molecular weight is 241 g/mol. The molecule has 0 saturated carbocycles. The third kappa shape index (κ3) is 5.44. The molecule has 0 aromatic rings. The van der Waals surface area contributed by atoms with E-state index in [-0.39, 0.29) is 24.3 Å². The minimum absolute atomic E-state index is 0.00973. The van der Waals surface area contributed by atoms with Crippen LogP contribution >= 0.6 is 0 Å². The van der Waals surface area contributed by atoms with E-state index in [1.54, 1.807) is 0 Å². The molecule has 0 aliphatic carbocycles. The van der Waals surface area contributed by atoms with E-state index < -0.39 is 0 Å². The molecular weight excluding hydrogens is 222 g/mol. The average Bonchev–Trinajstić information content (AvgIpc) is 3.02. The Kier molecular flexibility index (Phi) is 5.62. The van der Waals surface area contributed by atoms with Crippen LogP contribution in [-0.4, -0.2) is 49.3 Å². The van der Waals surface area contributed by atoms with Crippen molar-refractivity contribution in [2.24, 2.45) is 0 Å². The first kappa shape index (κ1) is 13.6. The number of imide groups is 1. The van der Waals surface area contributed by atoms with Gasteiger partial charge < -0.3 is 10.6 Å². The molecule has 1 fully saturated rings. The molecule has 6 nitrogen and oxygen atoms in total. The van der Waals surface area contributed by atoms with Crippen LogP contribution in [0.1, 0.15) is 25.7 Å². The highest BCUT2D eigenvalue weighted by atomic mass is 16.2. The molecular formula is C11H19N3O3. The highest BCUT2D eigenvalue weighted by Crippen LogP contribution is 2.09. The second kappa shape index (κ2) is 7.01. The van der Waals surface area contributed by atoms with E-state index in [4.69, 9.17) is 0 Å². The zero-order valence-electron chi connectivity index (χ0n) is 10.1. The fourth-order valence-corrected chi connectivity index (χ4v) is 1.44. The van der Waals surface area contributed by atoms with Crippen molar-refractivity contribution in [3.05, 3.63) is 0 Å². The highest BCUT2D eigenvalue weighted by Gasteiger charge is 2.35. The first-order chi connectivity index (χ1) is 8.15. The van der Waals surface area contributed by atoms with E-state index in [0.717, 1.165) is 13.0 Å². The second-order valence-corrected chi connectivity index (χ2v) is 4.03. The summed E-state index contributed by atoms with van der Waals surface area (Å²) in [6.45, 7) is 1.57. The zero-order valence-corrected chi connectivity index (χ0v) is 10.1. The van der Waals surface area contributed by atoms with Crippen LogP contribution in [-0.2, 0) is 14.4 Å². The van der Waals surface area contributed by atoms with E-state index >= 15 is 0 Å². The van der Waals surface area contributed by atoms with Gasteiger partial charge in [0.1, 0.15) is 6.54 Å². The fraction of sp³-hybridized carbons (Fsp3) is 0.727. The van der Waals surface area contributed by atoms with Crippen LogP contribution in [0.25, 0.3) is 0 Å². The van der Waals surface area contributed by atoms with Gasteiger partial charge >= 0.3 is 0 Å². The molecule has 1 aliphatic rings. The summed E-state index contributed by atoms with van der Waals surface area (Å²) in [5, 5.41) is 5.71. The maximum absolute atomic E-state index is 11.3. The Morgan fingerprint density at radius 1 is 1.24 bits per heavy atom. The summed E-state index contributed by atoms with van der Waals surface area (Å²) < 4.78 is 0. The van der Waals surface area contributed by atoms with Gasteiger partial charge in [-0.15, -0.1) is 0 Å². The predicted octanol–water partition coefficient (Wildman–Crippen LogP) is -0.749. The van der Waals surface area contributed by atoms with Crippen molar-refractivity contribution in [1.82, 2.24) is 15.5 Å². The van der Waals surface area contributed by atoms with Gasteiger partial charge in [0.15, 0.2) is 0 Å². The van der Waals surface area contributed by atoms with Gasteiger partial charge in [0.25, 0.3) is 0 Å². The van der Waals surface area contributed by atoms with Crippen LogP contribution in [0.3, 0.4) is 0 Å². The van der Waals surface area contributed by atoms with Crippen molar-refractivity contribution in [1.29, 1.82) is 0 Å². The van der Waals surface area contributed by atoms with Crippen molar-refractivity contribution in [3.63, 3.8) is 0 Å². The van der Waals surface area contributed by atoms with Gasteiger partial charge in [-0.2, -0.15) is 0 Å². The Hall–Kier alpha value is -1.43. The smallest absolute Gasteiger partial charge is 0.249 e. The lowest BCUT2D eigenvalue weighted by Crippen LogP contribution is -2.26. The van der Waals surface area contributed by atoms with Crippen LogP contribution in [0.5, 0.6) is 0 Å². The van der Waals surface area contributed by atoms with Crippen molar-refractivity contribution in [3.8, 4) is 0 Å². The normalized spacial score (nSPS) is 13.7. The van der Waals surface area contributed by atoms with E-state index in [2.05, 4.69) is 10.6 Å². The van der Waals surface area contributed by atoms with Gasteiger partial charge in [-0.25, -0.2) is 0 Å². The van der Waals surface area contributed by atoms with Crippen molar-refractivity contribution < 1.29 is 14.4 Å². The number of hydrogen-bond acceptors (Lipinski definition) is 4. The molecule has 1 aliphatic heterocycles. The lowest BCUT2D eigenvalue weighted by Gasteiger charge is -2.04. The van der Waals surface area contributed by atoms with Gasteiger partial charge in [-0.1, -0.05) is 0 Å². The van der Waals surface area contributed by atoms with E-state index in [0.29, 0.717) is 25.8 Å². The summed E-state index contributed by atoms with van der Waals surface area (Å²) in [6, 6.07) is 0. The molecule has 0 atom stereocenters. The van der Waals surface area contributed by atoms with Gasteiger partial charge in [0.2, 0.25) is 17.7 Å². The molecule has 0 aromatic heterocycles. The number of carbonyl (C=O) groups excluding carboxylic acids is 3. The maximum Gasteiger partial charge on any atom is 0.249 e. The lowest BCUT2D eigenvalue weighted by molar-refractivity contribution is -0.130. The topological polar surface area (TPSA) is 78.3 Å². The minimum Gasteiger partial charge on any atom is -0.356 e. The molecule has 6 heteroatoms. The third-order valence-electron chi connectivity index (χ3n) is 2.51. The molecule has 1 heterocycles.